The Morgan fingerprint density at radius 1 is 1.19 bits per heavy atom. The Bertz CT molecular complexity index is 616. The molecule has 7 nitrogen and oxygen atoms in total. The maximum absolute atomic E-state index is 12.5. The van der Waals surface area contributed by atoms with Gasteiger partial charge in [-0.3, -0.25) is 9.59 Å². The Morgan fingerprint density at radius 2 is 1.85 bits per heavy atom. The van der Waals surface area contributed by atoms with Crippen molar-refractivity contribution >= 4 is 23.9 Å². The van der Waals surface area contributed by atoms with Gasteiger partial charge in [-0.25, -0.2) is 4.79 Å². The third kappa shape index (κ3) is 7.57. The van der Waals surface area contributed by atoms with E-state index < -0.39 is 29.8 Å². The Hall–Kier alpha value is -2.54. The molecule has 0 aromatic heterocycles. The number of rotatable bonds is 11. The number of amides is 1. The van der Waals surface area contributed by atoms with Gasteiger partial charge < -0.3 is 20.2 Å². The van der Waals surface area contributed by atoms with Crippen LogP contribution >= 0.6 is 0 Å². The number of hydrogen-bond donors (Lipinski definition) is 2. The third-order valence-electron chi connectivity index (χ3n) is 3.63. The molecule has 0 radical (unpaired) electrons. The summed E-state index contributed by atoms with van der Waals surface area (Å²) in [6.45, 7) is 3.40. The van der Waals surface area contributed by atoms with Gasteiger partial charge >= 0.3 is 5.97 Å². The highest BCUT2D eigenvalue weighted by atomic mass is 16.5. The highest BCUT2D eigenvalue weighted by Crippen LogP contribution is 2.08. The first-order valence-corrected chi connectivity index (χ1v) is 8.48. The third-order valence-corrected chi connectivity index (χ3v) is 3.63. The van der Waals surface area contributed by atoms with E-state index in [2.05, 4.69) is 5.32 Å². The number of benzene rings is 1. The molecule has 1 aromatic rings. The summed E-state index contributed by atoms with van der Waals surface area (Å²) < 4.78 is 10.4. The Labute approximate surface area is 153 Å². The van der Waals surface area contributed by atoms with E-state index in [0.717, 1.165) is 5.56 Å². The lowest BCUT2D eigenvalue weighted by molar-refractivity contribution is -0.152. The number of methoxy groups -OCH3 is 1. The monoisotopic (exact) mass is 362 g/mol. The quantitative estimate of drug-likeness (QED) is 0.460. The number of esters is 1. The minimum Gasteiger partial charge on any atom is -0.461 e. The minimum atomic E-state index is -0.970. The molecule has 2 N–H and O–H groups in total. The van der Waals surface area contributed by atoms with Crippen LogP contribution in [0.3, 0.4) is 0 Å². The predicted octanol–water partition coefficient (Wildman–Crippen LogP) is 1.68. The fourth-order valence-corrected chi connectivity index (χ4v) is 2.30. The molecule has 26 heavy (non-hydrogen) atoms. The molecule has 0 heterocycles. The fraction of sp³-hybridized carbons (Fsp3) is 0.474. The van der Waals surface area contributed by atoms with Crippen molar-refractivity contribution in [1.82, 2.24) is 5.32 Å². The van der Waals surface area contributed by atoms with Crippen molar-refractivity contribution in [2.24, 2.45) is 0 Å². The summed E-state index contributed by atoms with van der Waals surface area (Å²) in [6, 6.07) is 8.41. The van der Waals surface area contributed by atoms with Gasteiger partial charge in [-0.2, -0.15) is 0 Å². The summed E-state index contributed by atoms with van der Waals surface area (Å²) in [6.07, 6.45) is -0.0344. The zero-order valence-electron chi connectivity index (χ0n) is 15.4. The first-order valence-electron chi connectivity index (χ1n) is 8.48. The maximum atomic E-state index is 12.5. The van der Waals surface area contributed by atoms with Crippen LogP contribution in [-0.2, 0) is 30.3 Å². The van der Waals surface area contributed by atoms with Gasteiger partial charge in [-0.1, -0.05) is 30.3 Å². The van der Waals surface area contributed by atoms with Crippen LogP contribution in [0.15, 0.2) is 30.3 Å². The van der Waals surface area contributed by atoms with E-state index in [1.54, 1.807) is 13.8 Å². The molecule has 0 aliphatic carbocycles. The first-order chi connectivity index (χ1) is 12.4. The smallest absolute Gasteiger partial charge is 0.328 e. The van der Waals surface area contributed by atoms with E-state index in [1.165, 1.54) is 7.11 Å². The second-order valence-corrected chi connectivity index (χ2v) is 6.11. The average Bonchev–Trinajstić information content (AvgIpc) is 2.62. The van der Waals surface area contributed by atoms with Crippen molar-refractivity contribution in [3.63, 3.8) is 0 Å². The molecular weight excluding hydrogens is 336 g/mol. The zero-order chi connectivity index (χ0) is 19.5. The van der Waals surface area contributed by atoms with Gasteiger partial charge in [0.05, 0.1) is 12.3 Å². The van der Waals surface area contributed by atoms with E-state index in [-0.39, 0.29) is 18.9 Å². The molecule has 0 unspecified atom stereocenters. The van der Waals surface area contributed by atoms with Crippen LogP contribution in [0.1, 0.15) is 32.3 Å². The van der Waals surface area contributed by atoms with Crippen LogP contribution in [-0.4, -0.2) is 49.2 Å². The summed E-state index contributed by atoms with van der Waals surface area (Å²) in [4.78, 5) is 36.1. The SMILES string of the molecule is CO[C@@H](Cc1ccccc1)C(=O)N[C@@H](CCC(=O)C=N)C(=O)OC(C)C. The molecule has 1 rings (SSSR count). The summed E-state index contributed by atoms with van der Waals surface area (Å²) >= 11 is 0. The fourth-order valence-electron chi connectivity index (χ4n) is 2.30. The number of ether oxygens (including phenoxy) is 2. The summed E-state index contributed by atoms with van der Waals surface area (Å²) in [5.74, 6) is -1.49. The van der Waals surface area contributed by atoms with Crippen molar-refractivity contribution < 1.29 is 23.9 Å². The van der Waals surface area contributed by atoms with Gasteiger partial charge in [0, 0.05) is 20.0 Å². The standard InChI is InChI=1S/C19H26N2O5/c1-13(2)26-19(24)16(10-9-15(22)12-20)21-18(23)17(25-3)11-14-7-5-4-6-8-14/h4-8,12-13,16-17,20H,9-11H2,1-3H3,(H,21,23)/t16-,17-/m0/s1. The molecular formula is C19H26N2O5. The molecule has 142 valence electrons. The summed E-state index contributed by atoms with van der Waals surface area (Å²) in [5.41, 5.74) is 0.926. The van der Waals surface area contributed by atoms with Gasteiger partial charge in [-0.05, 0) is 25.8 Å². The molecule has 0 bridgehead atoms. The van der Waals surface area contributed by atoms with Gasteiger partial charge in [-0.15, -0.1) is 0 Å². The number of nitrogens with one attached hydrogen (secondary N) is 2. The van der Waals surface area contributed by atoms with Crippen molar-refractivity contribution in [3.05, 3.63) is 35.9 Å². The van der Waals surface area contributed by atoms with Crippen LogP contribution in [0, 0.1) is 5.41 Å². The molecule has 0 aliphatic heterocycles. The van der Waals surface area contributed by atoms with Gasteiger partial charge in [0.15, 0.2) is 5.78 Å². The topological polar surface area (TPSA) is 106 Å². The van der Waals surface area contributed by atoms with E-state index in [4.69, 9.17) is 14.9 Å². The van der Waals surface area contributed by atoms with E-state index in [1.807, 2.05) is 30.3 Å². The predicted molar refractivity (Wildman–Crippen MR) is 97.1 cm³/mol. The lowest BCUT2D eigenvalue weighted by Gasteiger charge is -2.22. The van der Waals surface area contributed by atoms with E-state index >= 15 is 0 Å². The van der Waals surface area contributed by atoms with Crippen LogP contribution in [0.4, 0.5) is 0 Å². The molecule has 0 aliphatic rings. The second-order valence-electron chi connectivity index (χ2n) is 6.11. The first kappa shape index (κ1) is 21.5. The largest absolute Gasteiger partial charge is 0.461 e. The number of ketones is 1. The van der Waals surface area contributed by atoms with Crippen LogP contribution in [0.5, 0.6) is 0 Å². The van der Waals surface area contributed by atoms with Crippen molar-refractivity contribution in [2.45, 2.75) is 51.4 Å². The molecule has 1 amide bonds. The molecule has 0 saturated heterocycles. The zero-order valence-corrected chi connectivity index (χ0v) is 15.4. The van der Waals surface area contributed by atoms with Crippen molar-refractivity contribution in [3.8, 4) is 0 Å². The van der Waals surface area contributed by atoms with Crippen molar-refractivity contribution in [2.75, 3.05) is 7.11 Å². The van der Waals surface area contributed by atoms with E-state index in [9.17, 15) is 14.4 Å². The minimum absolute atomic E-state index is 0.0298. The van der Waals surface area contributed by atoms with Crippen molar-refractivity contribution in [1.29, 1.82) is 5.41 Å². The number of carbonyl (C=O) groups is 3. The highest BCUT2D eigenvalue weighted by molar-refractivity contribution is 6.26. The molecule has 1 aromatic carbocycles. The highest BCUT2D eigenvalue weighted by Gasteiger charge is 2.27. The molecule has 2 atom stereocenters. The number of Topliss-reactive ketones (excluding diaryl/α,β-unsaturated/α-hetero) is 1. The lowest BCUT2D eigenvalue weighted by atomic mass is 10.1. The summed E-state index contributed by atoms with van der Waals surface area (Å²) in [7, 11) is 1.42. The Morgan fingerprint density at radius 3 is 2.38 bits per heavy atom. The van der Waals surface area contributed by atoms with Gasteiger partial charge in [0.2, 0.25) is 5.91 Å². The van der Waals surface area contributed by atoms with Crippen LogP contribution in [0.2, 0.25) is 0 Å². The second kappa shape index (κ2) is 11.1. The number of hydrogen-bond acceptors (Lipinski definition) is 6. The van der Waals surface area contributed by atoms with Crippen LogP contribution < -0.4 is 5.32 Å². The maximum Gasteiger partial charge on any atom is 0.328 e. The Kier molecular flexibility index (Phi) is 9.22. The average molecular weight is 362 g/mol. The Balaban J connectivity index is 2.78. The van der Waals surface area contributed by atoms with Crippen LogP contribution in [0.25, 0.3) is 0 Å². The number of carbonyl (C=O) groups excluding carboxylic acids is 3. The molecule has 0 spiro atoms. The molecule has 0 saturated carbocycles. The van der Waals surface area contributed by atoms with Gasteiger partial charge in [0.25, 0.3) is 0 Å². The van der Waals surface area contributed by atoms with E-state index in [0.29, 0.717) is 12.6 Å². The molecule has 7 heteroatoms. The molecule has 0 fully saturated rings. The lowest BCUT2D eigenvalue weighted by Crippen LogP contribution is -2.48. The normalized spacial score (nSPS) is 12.9. The summed E-state index contributed by atoms with van der Waals surface area (Å²) in [5, 5.41) is 9.55. The van der Waals surface area contributed by atoms with Gasteiger partial charge in [0.1, 0.15) is 12.1 Å².